The zero-order valence-corrected chi connectivity index (χ0v) is 15.6. The summed E-state index contributed by atoms with van der Waals surface area (Å²) in [7, 11) is 1.55. The average molecular weight is 375 g/mol. The summed E-state index contributed by atoms with van der Waals surface area (Å²) in [6.45, 7) is 4.31. The summed E-state index contributed by atoms with van der Waals surface area (Å²) in [5, 5.41) is 2.71. The predicted octanol–water partition coefficient (Wildman–Crippen LogP) is 4.65. The molecule has 0 saturated carbocycles. The number of ether oxygens (including phenoxy) is 2. The van der Waals surface area contributed by atoms with Gasteiger partial charge in [-0.2, -0.15) is 0 Å². The molecule has 0 aliphatic rings. The molecule has 2 aromatic carbocycles. The Hall–Kier alpha value is -2.89. The van der Waals surface area contributed by atoms with E-state index in [1.165, 1.54) is 12.1 Å². The Bertz CT molecular complexity index is 821. The maximum absolute atomic E-state index is 13.3. The molecule has 144 valence electrons. The molecule has 0 aromatic heterocycles. The molecule has 0 aliphatic carbocycles. The second kappa shape index (κ2) is 9.71. The van der Waals surface area contributed by atoms with Crippen LogP contribution in [0, 0.1) is 11.6 Å². The standard InChI is InChI=1S/C21H23F2NO3/c1-4-11-27-19-9-5-15(12-20(19)26-3)6-10-21(25)24-14(2)16-7-8-17(22)18(23)13-16/h5-10,12-14H,4,11H2,1-3H3,(H,24,25)/b10-6+. The van der Waals surface area contributed by atoms with Crippen molar-refractivity contribution in [1.82, 2.24) is 5.32 Å². The molecule has 0 saturated heterocycles. The normalized spacial score (nSPS) is 12.0. The molecule has 0 fully saturated rings. The monoisotopic (exact) mass is 375 g/mol. The van der Waals surface area contributed by atoms with Crippen LogP contribution in [0.25, 0.3) is 6.08 Å². The molecule has 1 amide bonds. The highest BCUT2D eigenvalue weighted by atomic mass is 19.2. The Morgan fingerprint density at radius 1 is 1.15 bits per heavy atom. The first kappa shape index (κ1) is 20.4. The number of carbonyl (C=O) groups is 1. The molecule has 0 spiro atoms. The van der Waals surface area contributed by atoms with Crippen molar-refractivity contribution in [3.63, 3.8) is 0 Å². The van der Waals surface area contributed by atoms with E-state index in [1.54, 1.807) is 32.2 Å². The lowest BCUT2D eigenvalue weighted by molar-refractivity contribution is -0.117. The van der Waals surface area contributed by atoms with Gasteiger partial charge in [0, 0.05) is 6.08 Å². The summed E-state index contributed by atoms with van der Waals surface area (Å²) in [6, 6.07) is 8.46. The van der Waals surface area contributed by atoms with E-state index in [-0.39, 0.29) is 5.91 Å². The smallest absolute Gasteiger partial charge is 0.244 e. The molecule has 0 heterocycles. The molecule has 0 bridgehead atoms. The average Bonchev–Trinajstić information content (AvgIpc) is 2.67. The van der Waals surface area contributed by atoms with Crippen LogP contribution < -0.4 is 14.8 Å². The number of hydrogen-bond acceptors (Lipinski definition) is 3. The molecule has 1 N–H and O–H groups in total. The first-order valence-electron chi connectivity index (χ1n) is 8.69. The summed E-state index contributed by atoms with van der Waals surface area (Å²) in [5.41, 5.74) is 1.25. The third-order valence-electron chi connectivity index (χ3n) is 3.88. The molecule has 6 heteroatoms. The number of methoxy groups -OCH3 is 1. The fourth-order valence-corrected chi connectivity index (χ4v) is 2.42. The number of rotatable bonds is 8. The quantitative estimate of drug-likeness (QED) is 0.683. The first-order valence-corrected chi connectivity index (χ1v) is 8.69. The minimum atomic E-state index is -0.943. The van der Waals surface area contributed by atoms with Gasteiger partial charge in [-0.15, -0.1) is 0 Å². The van der Waals surface area contributed by atoms with Crippen molar-refractivity contribution in [1.29, 1.82) is 0 Å². The molecule has 27 heavy (non-hydrogen) atoms. The van der Waals surface area contributed by atoms with Crippen molar-refractivity contribution in [2.75, 3.05) is 13.7 Å². The number of carbonyl (C=O) groups excluding carboxylic acids is 1. The van der Waals surface area contributed by atoms with E-state index >= 15 is 0 Å². The maximum atomic E-state index is 13.3. The van der Waals surface area contributed by atoms with Crippen molar-refractivity contribution >= 4 is 12.0 Å². The van der Waals surface area contributed by atoms with Gasteiger partial charge in [-0.25, -0.2) is 8.78 Å². The summed E-state index contributed by atoms with van der Waals surface area (Å²) in [6.07, 6.45) is 3.90. The van der Waals surface area contributed by atoms with Gasteiger partial charge in [0.25, 0.3) is 0 Å². The van der Waals surface area contributed by atoms with E-state index in [4.69, 9.17) is 9.47 Å². The van der Waals surface area contributed by atoms with Crippen LogP contribution in [0.15, 0.2) is 42.5 Å². The van der Waals surface area contributed by atoms with Crippen molar-refractivity contribution in [3.05, 3.63) is 65.2 Å². The third kappa shape index (κ3) is 5.81. The Labute approximate surface area is 157 Å². The summed E-state index contributed by atoms with van der Waals surface area (Å²) in [5.74, 6) is -0.981. The lowest BCUT2D eigenvalue weighted by atomic mass is 10.1. The number of halogens is 2. The van der Waals surface area contributed by atoms with Gasteiger partial charge in [-0.3, -0.25) is 4.79 Å². The van der Waals surface area contributed by atoms with Gasteiger partial charge < -0.3 is 14.8 Å². The van der Waals surface area contributed by atoms with Gasteiger partial charge in [-0.1, -0.05) is 19.1 Å². The Morgan fingerprint density at radius 2 is 1.93 bits per heavy atom. The van der Waals surface area contributed by atoms with E-state index in [2.05, 4.69) is 5.32 Å². The van der Waals surface area contributed by atoms with E-state index in [9.17, 15) is 13.6 Å². The van der Waals surface area contributed by atoms with Crippen LogP contribution in [0.1, 0.15) is 37.4 Å². The first-order chi connectivity index (χ1) is 12.9. The number of hydrogen-bond donors (Lipinski definition) is 1. The molecule has 1 unspecified atom stereocenters. The minimum Gasteiger partial charge on any atom is -0.493 e. The zero-order chi connectivity index (χ0) is 19.8. The highest BCUT2D eigenvalue weighted by molar-refractivity contribution is 5.92. The Balaban J connectivity index is 2.02. The lowest BCUT2D eigenvalue weighted by Gasteiger charge is -2.13. The molecule has 1 atom stereocenters. The van der Waals surface area contributed by atoms with E-state index in [1.807, 2.05) is 13.0 Å². The lowest BCUT2D eigenvalue weighted by Crippen LogP contribution is -2.24. The Morgan fingerprint density at radius 3 is 2.59 bits per heavy atom. The van der Waals surface area contributed by atoms with Crippen LogP contribution in [0.4, 0.5) is 8.78 Å². The summed E-state index contributed by atoms with van der Waals surface area (Å²) >= 11 is 0. The van der Waals surface area contributed by atoms with Crippen LogP contribution in [0.2, 0.25) is 0 Å². The minimum absolute atomic E-state index is 0.350. The summed E-state index contributed by atoms with van der Waals surface area (Å²) in [4.78, 5) is 12.1. The number of nitrogens with one attached hydrogen (secondary N) is 1. The maximum Gasteiger partial charge on any atom is 0.244 e. The molecular formula is C21H23F2NO3. The molecule has 2 aromatic rings. The van der Waals surface area contributed by atoms with Crippen molar-refractivity contribution in [3.8, 4) is 11.5 Å². The van der Waals surface area contributed by atoms with Crippen LogP contribution in [0.3, 0.4) is 0 Å². The van der Waals surface area contributed by atoms with Crippen LogP contribution in [-0.4, -0.2) is 19.6 Å². The molecule has 4 nitrogen and oxygen atoms in total. The molecule has 2 rings (SSSR count). The third-order valence-corrected chi connectivity index (χ3v) is 3.88. The van der Waals surface area contributed by atoms with Crippen LogP contribution in [0.5, 0.6) is 11.5 Å². The van der Waals surface area contributed by atoms with Crippen molar-refractivity contribution < 1.29 is 23.0 Å². The van der Waals surface area contributed by atoms with Crippen LogP contribution >= 0.6 is 0 Å². The second-order valence-corrected chi connectivity index (χ2v) is 6.00. The van der Waals surface area contributed by atoms with Crippen molar-refractivity contribution in [2.45, 2.75) is 26.3 Å². The second-order valence-electron chi connectivity index (χ2n) is 6.00. The van der Waals surface area contributed by atoms with Gasteiger partial charge in [0.1, 0.15) is 0 Å². The van der Waals surface area contributed by atoms with E-state index in [0.29, 0.717) is 23.7 Å². The van der Waals surface area contributed by atoms with Gasteiger partial charge in [0.2, 0.25) is 5.91 Å². The topological polar surface area (TPSA) is 47.6 Å². The highest BCUT2D eigenvalue weighted by Gasteiger charge is 2.11. The largest absolute Gasteiger partial charge is 0.493 e. The van der Waals surface area contributed by atoms with Gasteiger partial charge >= 0.3 is 0 Å². The predicted molar refractivity (Wildman–Crippen MR) is 101 cm³/mol. The number of benzene rings is 2. The Kier molecular flexibility index (Phi) is 7.34. The zero-order valence-electron chi connectivity index (χ0n) is 15.6. The molecular weight excluding hydrogens is 352 g/mol. The number of amides is 1. The van der Waals surface area contributed by atoms with Gasteiger partial charge in [0.05, 0.1) is 19.8 Å². The van der Waals surface area contributed by atoms with E-state index in [0.717, 1.165) is 24.1 Å². The molecule has 0 aliphatic heterocycles. The van der Waals surface area contributed by atoms with Gasteiger partial charge in [0.15, 0.2) is 23.1 Å². The van der Waals surface area contributed by atoms with Crippen molar-refractivity contribution in [2.24, 2.45) is 0 Å². The highest BCUT2D eigenvalue weighted by Crippen LogP contribution is 2.28. The van der Waals surface area contributed by atoms with E-state index < -0.39 is 17.7 Å². The fraction of sp³-hybridized carbons (Fsp3) is 0.286. The van der Waals surface area contributed by atoms with Gasteiger partial charge in [-0.05, 0) is 54.8 Å². The van der Waals surface area contributed by atoms with Crippen LogP contribution in [-0.2, 0) is 4.79 Å². The SMILES string of the molecule is CCCOc1ccc(/C=C/C(=O)NC(C)c2ccc(F)c(F)c2)cc1OC. The molecule has 0 radical (unpaired) electrons. The summed E-state index contributed by atoms with van der Waals surface area (Å²) < 4.78 is 37.2. The fourth-order valence-electron chi connectivity index (χ4n) is 2.42.